The van der Waals surface area contributed by atoms with Gasteiger partial charge in [-0.15, -0.1) is 5.10 Å². The molecule has 1 heterocycles. The summed E-state index contributed by atoms with van der Waals surface area (Å²) in [6.07, 6.45) is 2.91. The monoisotopic (exact) mass is 247 g/mol. The fourth-order valence-electron chi connectivity index (χ4n) is 1.88. The lowest BCUT2D eigenvalue weighted by molar-refractivity contribution is 0.638. The second-order valence-electron chi connectivity index (χ2n) is 3.91. The highest BCUT2D eigenvalue weighted by Gasteiger charge is 2.15. The van der Waals surface area contributed by atoms with Crippen LogP contribution in [0.4, 0.5) is 0 Å². The topological polar surface area (TPSA) is 37.8 Å². The van der Waals surface area contributed by atoms with Gasteiger partial charge in [0, 0.05) is 0 Å². The average Bonchev–Trinajstić information content (AvgIpc) is 2.89. The van der Waals surface area contributed by atoms with E-state index in [9.17, 15) is 0 Å². The number of aromatic nitrogens is 2. The highest BCUT2D eigenvalue weighted by molar-refractivity contribution is 7.05. The van der Waals surface area contributed by atoms with Gasteiger partial charge >= 0.3 is 0 Å². The Bertz CT molecular complexity index is 453. The van der Waals surface area contributed by atoms with Crippen LogP contribution < -0.4 is 5.32 Å². The maximum absolute atomic E-state index is 3.95. The highest BCUT2D eigenvalue weighted by Crippen LogP contribution is 2.24. The van der Waals surface area contributed by atoms with Crippen LogP contribution in [-0.2, 0) is 6.42 Å². The molecule has 1 N–H and O–H groups in total. The van der Waals surface area contributed by atoms with Crippen LogP contribution in [0, 0.1) is 0 Å². The van der Waals surface area contributed by atoms with E-state index in [1.807, 2.05) is 6.20 Å². The minimum absolute atomic E-state index is 0.214. The molecule has 0 spiro atoms. The Labute approximate surface area is 106 Å². The van der Waals surface area contributed by atoms with Crippen LogP contribution in [-0.4, -0.2) is 16.1 Å². The van der Waals surface area contributed by atoms with Crippen molar-refractivity contribution in [2.45, 2.75) is 26.3 Å². The van der Waals surface area contributed by atoms with Crippen molar-refractivity contribution in [1.82, 2.24) is 14.9 Å². The van der Waals surface area contributed by atoms with Gasteiger partial charge in [0.15, 0.2) is 0 Å². The van der Waals surface area contributed by atoms with Crippen LogP contribution in [0.5, 0.6) is 0 Å². The molecule has 90 valence electrons. The predicted molar refractivity (Wildman–Crippen MR) is 71.2 cm³/mol. The summed E-state index contributed by atoms with van der Waals surface area (Å²) in [4.78, 5) is 1.17. The van der Waals surface area contributed by atoms with Crippen molar-refractivity contribution in [3.8, 4) is 0 Å². The molecule has 0 aliphatic heterocycles. The average molecular weight is 247 g/mol. The molecule has 2 aromatic rings. The molecule has 0 saturated heterocycles. The third kappa shape index (κ3) is 2.90. The van der Waals surface area contributed by atoms with E-state index < -0.39 is 0 Å². The molecule has 0 bridgehead atoms. The van der Waals surface area contributed by atoms with Crippen molar-refractivity contribution < 1.29 is 0 Å². The summed E-state index contributed by atoms with van der Waals surface area (Å²) in [7, 11) is 0. The lowest BCUT2D eigenvalue weighted by Gasteiger charge is -2.16. The molecule has 2 rings (SSSR count). The zero-order valence-corrected chi connectivity index (χ0v) is 11.0. The van der Waals surface area contributed by atoms with E-state index in [1.54, 1.807) is 0 Å². The van der Waals surface area contributed by atoms with Crippen molar-refractivity contribution in [3.63, 3.8) is 0 Å². The molecule has 1 aromatic heterocycles. The van der Waals surface area contributed by atoms with E-state index >= 15 is 0 Å². The first-order valence-electron chi connectivity index (χ1n) is 5.94. The van der Waals surface area contributed by atoms with E-state index in [1.165, 1.54) is 27.5 Å². The number of hydrogen-bond donors (Lipinski definition) is 1. The molecule has 0 saturated carbocycles. The summed E-state index contributed by atoms with van der Waals surface area (Å²) < 4.78 is 3.95. The van der Waals surface area contributed by atoms with Crippen molar-refractivity contribution in [2.24, 2.45) is 0 Å². The third-order valence-corrected chi connectivity index (χ3v) is 3.49. The van der Waals surface area contributed by atoms with E-state index in [0.717, 1.165) is 13.0 Å². The summed E-state index contributed by atoms with van der Waals surface area (Å²) in [5.74, 6) is 0. The van der Waals surface area contributed by atoms with Crippen LogP contribution in [0.15, 0.2) is 30.5 Å². The lowest BCUT2D eigenvalue weighted by Crippen LogP contribution is -2.21. The highest BCUT2D eigenvalue weighted by atomic mass is 32.1. The van der Waals surface area contributed by atoms with Crippen LogP contribution in [0.2, 0.25) is 0 Å². The molecule has 0 aliphatic rings. The number of nitrogens with one attached hydrogen (secondary N) is 1. The molecular weight excluding hydrogens is 230 g/mol. The summed E-state index contributed by atoms with van der Waals surface area (Å²) >= 11 is 1.46. The Hall–Kier alpha value is -1.26. The van der Waals surface area contributed by atoms with Crippen LogP contribution in [0.1, 0.15) is 35.9 Å². The number of hydrogen-bond acceptors (Lipinski definition) is 4. The molecule has 0 aliphatic carbocycles. The first-order chi connectivity index (χ1) is 8.35. The summed E-state index contributed by atoms with van der Waals surface area (Å²) in [5, 5.41) is 7.40. The number of nitrogens with zero attached hydrogens (tertiary/aromatic N) is 2. The van der Waals surface area contributed by atoms with Crippen molar-refractivity contribution in [3.05, 3.63) is 46.5 Å². The second kappa shape index (κ2) is 5.89. The van der Waals surface area contributed by atoms with Crippen molar-refractivity contribution in [2.75, 3.05) is 6.54 Å². The smallest absolute Gasteiger partial charge is 0.0703 e. The first-order valence-corrected chi connectivity index (χ1v) is 6.72. The van der Waals surface area contributed by atoms with Crippen molar-refractivity contribution >= 4 is 11.5 Å². The minimum atomic E-state index is 0.214. The molecule has 1 atom stereocenters. The fourth-order valence-corrected chi connectivity index (χ4v) is 2.49. The Balaban J connectivity index is 2.32. The van der Waals surface area contributed by atoms with Gasteiger partial charge in [0.25, 0.3) is 0 Å². The number of rotatable bonds is 5. The minimum Gasteiger partial charge on any atom is -0.306 e. The van der Waals surface area contributed by atoms with E-state index in [2.05, 4.69) is 53.0 Å². The molecule has 0 radical (unpaired) electrons. The maximum Gasteiger partial charge on any atom is 0.0703 e. The second-order valence-corrected chi connectivity index (χ2v) is 4.73. The van der Waals surface area contributed by atoms with Crippen LogP contribution in [0.25, 0.3) is 0 Å². The largest absolute Gasteiger partial charge is 0.306 e. The lowest BCUT2D eigenvalue weighted by atomic mass is 10.0. The third-order valence-electron chi connectivity index (χ3n) is 2.76. The van der Waals surface area contributed by atoms with Gasteiger partial charge in [0.2, 0.25) is 0 Å². The maximum atomic E-state index is 3.95. The predicted octanol–water partition coefficient (Wildman–Crippen LogP) is 2.80. The van der Waals surface area contributed by atoms with E-state index in [-0.39, 0.29) is 6.04 Å². The Morgan fingerprint density at radius 3 is 2.88 bits per heavy atom. The molecule has 0 amide bonds. The molecule has 0 fully saturated rings. The molecule has 3 nitrogen and oxygen atoms in total. The normalized spacial score (nSPS) is 12.6. The molecule has 1 unspecified atom stereocenters. The molecular formula is C13H17N3S. The van der Waals surface area contributed by atoms with Gasteiger partial charge < -0.3 is 5.32 Å². The van der Waals surface area contributed by atoms with E-state index in [4.69, 9.17) is 0 Å². The first kappa shape index (κ1) is 12.2. The summed E-state index contributed by atoms with van der Waals surface area (Å²) in [5.41, 5.74) is 2.65. The fraction of sp³-hybridized carbons (Fsp3) is 0.385. The summed E-state index contributed by atoms with van der Waals surface area (Å²) in [6.45, 7) is 5.22. The van der Waals surface area contributed by atoms with Gasteiger partial charge in [0.1, 0.15) is 0 Å². The Morgan fingerprint density at radius 1 is 1.35 bits per heavy atom. The standard InChI is InChI=1S/C13H17N3S/c1-3-10-6-5-7-11(8-10)13(14-4-2)12-9-15-16-17-12/h5-9,13-14H,3-4H2,1-2H3. The zero-order chi connectivity index (χ0) is 12.1. The molecule has 17 heavy (non-hydrogen) atoms. The van der Waals surface area contributed by atoms with E-state index in [0.29, 0.717) is 0 Å². The van der Waals surface area contributed by atoms with Gasteiger partial charge in [-0.25, -0.2) is 0 Å². The number of benzene rings is 1. The quantitative estimate of drug-likeness (QED) is 0.883. The number of aryl methyl sites for hydroxylation is 1. The summed E-state index contributed by atoms with van der Waals surface area (Å²) in [6, 6.07) is 8.91. The van der Waals surface area contributed by atoms with Gasteiger partial charge in [-0.05, 0) is 35.6 Å². The Morgan fingerprint density at radius 2 is 2.24 bits per heavy atom. The van der Waals surface area contributed by atoms with Gasteiger partial charge in [-0.1, -0.05) is 42.6 Å². The van der Waals surface area contributed by atoms with Crippen LogP contribution >= 0.6 is 11.5 Å². The van der Waals surface area contributed by atoms with Gasteiger partial charge in [-0.2, -0.15) is 0 Å². The van der Waals surface area contributed by atoms with Crippen LogP contribution in [0.3, 0.4) is 0 Å². The van der Waals surface area contributed by atoms with Gasteiger partial charge in [0.05, 0.1) is 17.1 Å². The zero-order valence-electron chi connectivity index (χ0n) is 10.2. The van der Waals surface area contributed by atoms with Crippen molar-refractivity contribution in [1.29, 1.82) is 0 Å². The van der Waals surface area contributed by atoms with Gasteiger partial charge in [-0.3, -0.25) is 0 Å². The molecule has 4 heteroatoms. The Kier molecular flexibility index (Phi) is 4.23. The SMILES string of the molecule is CCNC(c1cccc(CC)c1)c1cnns1. The molecule has 1 aromatic carbocycles.